The molecule has 1 aromatic rings. The minimum absolute atomic E-state index is 0.0601. The maximum atomic E-state index is 12.9. The number of nitrogens with zero attached hydrogens (tertiary/aromatic N) is 1. The molecule has 1 aromatic carbocycles. The highest BCUT2D eigenvalue weighted by Gasteiger charge is 2.22. The number of aliphatic hydroxyl groups excluding tert-OH is 1. The third kappa shape index (κ3) is 8.05. The number of alkyl halides is 2. The van der Waals surface area contributed by atoms with Gasteiger partial charge in [0.15, 0.2) is 0 Å². The van der Waals surface area contributed by atoms with Gasteiger partial charge in [-0.15, -0.1) is 0 Å². The molecule has 0 saturated carbocycles. The van der Waals surface area contributed by atoms with Crippen LogP contribution in [0.1, 0.15) is 47.0 Å². The van der Waals surface area contributed by atoms with Crippen LogP contribution in [0.3, 0.4) is 0 Å². The van der Waals surface area contributed by atoms with Crippen LogP contribution in [0.4, 0.5) is 14.5 Å². The van der Waals surface area contributed by atoms with Gasteiger partial charge >= 0.3 is 6.11 Å². The first kappa shape index (κ1) is 23.6. The topological polar surface area (TPSA) is 67.8 Å². The summed E-state index contributed by atoms with van der Waals surface area (Å²) in [4.78, 5) is 4.54. The highest BCUT2D eigenvalue weighted by Crippen LogP contribution is 2.25. The van der Waals surface area contributed by atoms with Crippen molar-refractivity contribution in [3.63, 3.8) is 0 Å². The molecular formula is C22H30F2N2O2. The first-order chi connectivity index (χ1) is 13.2. The Kier molecular flexibility index (Phi) is 9.59. The molecule has 0 atom stereocenters. The van der Waals surface area contributed by atoms with Crippen molar-refractivity contribution < 1.29 is 18.6 Å². The van der Waals surface area contributed by atoms with Crippen LogP contribution >= 0.6 is 0 Å². The average molecular weight is 392 g/mol. The second-order valence-electron chi connectivity index (χ2n) is 6.42. The number of aliphatic hydroxyl groups is 1. The number of ether oxygens (including phenoxy) is 1. The van der Waals surface area contributed by atoms with E-state index in [4.69, 9.17) is 5.73 Å². The summed E-state index contributed by atoms with van der Waals surface area (Å²) in [6.07, 6.45) is 5.15. The van der Waals surface area contributed by atoms with Crippen LogP contribution in [-0.4, -0.2) is 23.5 Å². The Morgan fingerprint density at radius 2 is 1.89 bits per heavy atom. The molecule has 6 heteroatoms. The molecule has 0 unspecified atom stereocenters. The second-order valence-corrected chi connectivity index (χ2v) is 6.42. The molecule has 0 radical (unpaired) electrons. The van der Waals surface area contributed by atoms with E-state index in [-0.39, 0.29) is 12.4 Å². The molecule has 154 valence electrons. The normalized spacial score (nSPS) is 14.4. The van der Waals surface area contributed by atoms with E-state index < -0.39 is 6.11 Å². The van der Waals surface area contributed by atoms with Crippen molar-refractivity contribution in [2.24, 2.45) is 10.7 Å². The summed E-state index contributed by atoms with van der Waals surface area (Å²) in [6.45, 7) is 6.35. The number of halogens is 2. The Morgan fingerprint density at radius 3 is 2.39 bits per heavy atom. The van der Waals surface area contributed by atoms with Gasteiger partial charge in [-0.05, 0) is 49.6 Å². The largest absolute Gasteiger partial charge is 0.433 e. The van der Waals surface area contributed by atoms with Crippen molar-refractivity contribution in [1.82, 2.24) is 0 Å². The van der Waals surface area contributed by atoms with Gasteiger partial charge in [-0.1, -0.05) is 38.5 Å². The van der Waals surface area contributed by atoms with Gasteiger partial charge in [-0.25, -0.2) is 0 Å². The number of unbranched alkanes of at least 4 members (excludes halogenated alkanes) is 1. The first-order valence-corrected chi connectivity index (χ1v) is 9.39. The van der Waals surface area contributed by atoms with E-state index in [1.807, 2.05) is 32.1 Å². The number of hydrogen-bond donors (Lipinski definition) is 2. The van der Waals surface area contributed by atoms with E-state index in [0.29, 0.717) is 41.6 Å². The molecular weight excluding hydrogens is 362 g/mol. The predicted octanol–water partition coefficient (Wildman–Crippen LogP) is 5.67. The number of hydrogen-bond acceptors (Lipinski definition) is 4. The fourth-order valence-electron chi connectivity index (χ4n) is 2.56. The van der Waals surface area contributed by atoms with Gasteiger partial charge in [-0.3, -0.25) is 4.99 Å². The molecule has 0 fully saturated rings. The summed E-state index contributed by atoms with van der Waals surface area (Å²) in [5.41, 5.74) is 9.40. The van der Waals surface area contributed by atoms with E-state index in [9.17, 15) is 13.9 Å². The van der Waals surface area contributed by atoms with Crippen LogP contribution in [0.25, 0.3) is 0 Å². The van der Waals surface area contributed by atoms with E-state index in [2.05, 4.69) is 16.7 Å². The van der Waals surface area contributed by atoms with E-state index >= 15 is 0 Å². The predicted molar refractivity (Wildman–Crippen MR) is 111 cm³/mol. The van der Waals surface area contributed by atoms with Gasteiger partial charge in [0.2, 0.25) is 0 Å². The minimum atomic E-state index is -3.24. The summed E-state index contributed by atoms with van der Waals surface area (Å²) >= 11 is 0. The fraction of sp³-hybridized carbons (Fsp3) is 0.409. The Balaban J connectivity index is 3.18. The molecule has 0 heterocycles. The van der Waals surface area contributed by atoms with Crippen molar-refractivity contribution in [2.45, 2.75) is 53.1 Å². The molecule has 0 aromatic heterocycles. The van der Waals surface area contributed by atoms with E-state index in [1.54, 1.807) is 12.1 Å². The van der Waals surface area contributed by atoms with Crippen LogP contribution in [0.5, 0.6) is 5.75 Å². The number of benzene rings is 1. The Labute approximate surface area is 166 Å². The van der Waals surface area contributed by atoms with Crippen LogP contribution in [0.15, 0.2) is 64.3 Å². The summed E-state index contributed by atoms with van der Waals surface area (Å²) in [5.74, 6) is 0.0601. The summed E-state index contributed by atoms with van der Waals surface area (Å²) < 4.78 is 30.4. The summed E-state index contributed by atoms with van der Waals surface area (Å²) in [6, 6.07) is 6.06. The van der Waals surface area contributed by atoms with Gasteiger partial charge in [-0.2, -0.15) is 8.78 Å². The number of aliphatic imine (C=N–C) groups is 1. The van der Waals surface area contributed by atoms with Crippen LogP contribution in [0.2, 0.25) is 0 Å². The maximum absolute atomic E-state index is 12.9. The third-order valence-corrected chi connectivity index (χ3v) is 3.87. The maximum Gasteiger partial charge on any atom is 0.394 e. The summed E-state index contributed by atoms with van der Waals surface area (Å²) in [5, 5.41) is 9.82. The molecule has 1 rings (SSSR count). The van der Waals surface area contributed by atoms with Crippen LogP contribution in [-0.2, 0) is 0 Å². The molecule has 28 heavy (non-hydrogen) atoms. The number of rotatable bonds is 10. The molecule has 0 bridgehead atoms. The fourth-order valence-corrected chi connectivity index (χ4v) is 2.56. The lowest BCUT2D eigenvalue weighted by Gasteiger charge is -2.14. The van der Waals surface area contributed by atoms with Crippen molar-refractivity contribution in [3.8, 4) is 5.75 Å². The highest BCUT2D eigenvalue weighted by molar-refractivity contribution is 6.04. The lowest BCUT2D eigenvalue weighted by atomic mass is 9.98. The number of allylic oxidation sites excluding steroid dienone is 4. The Bertz CT molecular complexity index is 743. The molecule has 0 aliphatic heterocycles. The SMILES string of the molecule is CCC/C=C/C=C(CO)\C(C(C)=Nc1ccc(OC(C)(F)F)cc1)=C(\N)CC. The quantitative estimate of drug-likeness (QED) is 0.398. The first-order valence-electron chi connectivity index (χ1n) is 9.39. The lowest BCUT2D eigenvalue weighted by molar-refractivity contribution is -0.158. The third-order valence-electron chi connectivity index (χ3n) is 3.87. The Hall–Kier alpha value is -2.47. The standard InChI is InChI=1S/C22H30F2N2O2/c1-5-7-8-9-10-17(15-27)21(20(25)6-2)16(3)26-18-11-13-19(14-12-18)28-22(4,23)24/h8-14,27H,5-7,15,25H2,1-4H3/b9-8+,17-10-,21-20+,26-16?. The zero-order valence-corrected chi connectivity index (χ0v) is 17.0. The molecule has 0 aliphatic rings. The van der Waals surface area contributed by atoms with Crippen LogP contribution in [0, 0.1) is 0 Å². The molecule has 0 spiro atoms. The monoisotopic (exact) mass is 392 g/mol. The molecule has 0 aliphatic carbocycles. The molecule has 4 nitrogen and oxygen atoms in total. The smallest absolute Gasteiger partial charge is 0.394 e. The zero-order valence-electron chi connectivity index (χ0n) is 17.0. The Morgan fingerprint density at radius 1 is 1.25 bits per heavy atom. The summed E-state index contributed by atoms with van der Waals surface area (Å²) in [7, 11) is 0. The lowest BCUT2D eigenvalue weighted by Crippen LogP contribution is -2.18. The van der Waals surface area contributed by atoms with Gasteiger partial charge < -0.3 is 15.6 Å². The van der Waals surface area contributed by atoms with Crippen molar-refractivity contribution in [3.05, 3.63) is 59.3 Å². The van der Waals surface area contributed by atoms with Crippen molar-refractivity contribution in [2.75, 3.05) is 6.61 Å². The zero-order chi connectivity index (χ0) is 21.2. The highest BCUT2D eigenvalue weighted by atomic mass is 19.3. The van der Waals surface area contributed by atoms with Gasteiger partial charge in [0.1, 0.15) is 5.75 Å². The number of nitrogens with two attached hydrogens (primary N) is 1. The second kappa shape index (κ2) is 11.4. The molecule has 0 saturated heterocycles. The van der Waals surface area contributed by atoms with Crippen molar-refractivity contribution >= 4 is 11.4 Å². The molecule has 0 amide bonds. The van der Waals surface area contributed by atoms with Gasteiger partial charge in [0.05, 0.1) is 12.3 Å². The molecule has 3 N–H and O–H groups in total. The van der Waals surface area contributed by atoms with E-state index in [0.717, 1.165) is 12.8 Å². The van der Waals surface area contributed by atoms with Crippen LogP contribution < -0.4 is 10.5 Å². The van der Waals surface area contributed by atoms with Gasteiger partial charge in [0.25, 0.3) is 0 Å². The van der Waals surface area contributed by atoms with Crippen molar-refractivity contribution in [1.29, 1.82) is 0 Å². The average Bonchev–Trinajstić information content (AvgIpc) is 2.64. The van der Waals surface area contributed by atoms with Gasteiger partial charge in [0, 0.05) is 23.9 Å². The minimum Gasteiger partial charge on any atom is -0.433 e. The van der Waals surface area contributed by atoms with E-state index in [1.165, 1.54) is 12.1 Å².